The van der Waals surface area contributed by atoms with E-state index in [9.17, 15) is 0 Å². The summed E-state index contributed by atoms with van der Waals surface area (Å²) in [5.41, 5.74) is 3.85. The van der Waals surface area contributed by atoms with Crippen LogP contribution in [0.25, 0.3) is 22.3 Å². The van der Waals surface area contributed by atoms with Crippen molar-refractivity contribution >= 4 is 29.1 Å². The van der Waals surface area contributed by atoms with Crippen LogP contribution >= 0.6 is 12.4 Å². The standard InChI is InChI=1S/C14H14N4.ClH/c1-15-13-8-12(10-6-4-3-5-7-10)16-14-11(13)9-18(2)17-14;/h3-9,15H,1-2H3;1H. The van der Waals surface area contributed by atoms with Gasteiger partial charge in [-0.2, -0.15) is 5.10 Å². The third-order valence-corrected chi connectivity index (χ3v) is 2.95. The predicted octanol–water partition coefficient (Wildman–Crippen LogP) is 3.10. The lowest BCUT2D eigenvalue weighted by molar-refractivity contribution is 0.776. The molecule has 0 fully saturated rings. The second-order valence-electron chi connectivity index (χ2n) is 4.21. The van der Waals surface area contributed by atoms with Gasteiger partial charge in [-0.3, -0.25) is 4.68 Å². The van der Waals surface area contributed by atoms with Gasteiger partial charge < -0.3 is 5.32 Å². The van der Waals surface area contributed by atoms with Crippen molar-refractivity contribution in [2.75, 3.05) is 12.4 Å². The highest BCUT2D eigenvalue weighted by Gasteiger charge is 2.09. The van der Waals surface area contributed by atoms with E-state index >= 15 is 0 Å². The van der Waals surface area contributed by atoms with Crippen LogP contribution in [0.4, 0.5) is 5.69 Å². The molecular formula is C14H15ClN4. The summed E-state index contributed by atoms with van der Waals surface area (Å²) in [7, 11) is 3.82. The number of nitrogens with zero attached hydrogens (tertiary/aromatic N) is 3. The molecule has 0 atom stereocenters. The fraction of sp³-hybridized carbons (Fsp3) is 0.143. The van der Waals surface area contributed by atoms with Crippen LogP contribution in [0.2, 0.25) is 0 Å². The highest BCUT2D eigenvalue weighted by molar-refractivity contribution is 5.91. The monoisotopic (exact) mass is 274 g/mol. The van der Waals surface area contributed by atoms with Crippen molar-refractivity contribution in [3.05, 3.63) is 42.6 Å². The van der Waals surface area contributed by atoms with Gasteiger partial charge in [0, 0.05) is 31.5 Å². The van der Waals surface area contributed by atoms with Crippen LogP contribution in [0.15, 0.2) is 42.6 Å². The molecule has 0 aliphatic heterocycles. The van der Waals surface area contributed by atoms with Crippen molar-refractivity contribution in [1.82, 2.24) is 14.8 Å². The van der Waals surface area contributed by atoms with Crippen LogP contribution in [0, 0.1) is 0 Å². The number of aromatic nitrogens is 3. The summed E-state index contributed by atoms with van der Waals surface area (Å²) >= 11 is 0. The molecule has 0 bridgehead atoms. The van der Waals surface area contributed by atoms with E-state index in [1.807, 2.05) is 38.5 Å². The van der Waals surface area contributed by atoms with Crippen LogP contribution in [0.3, 0.4) is 0 Å². The average molecular weight is 275 g/mol. The van der Waals surface area contributed by atoms with Crippen molar-refractivity contribution in [2.45, 2.75) is 0 Å². The second kappa shape index (κ2) is 5.28. The van der Waals surface area contributed by atoms with E-state index in [0.717, 1.165) is 28.0 Å². The number of pyridine rings is 1. The lowest BCUT2D eigenvalue weighted by Crippen LogP contribution is -1.92. The molecule has 4 nitrogen and oxygen atoms in total. The Bertz CT molecular complexity index is 691. The van der Waals surface area contributed by atoms with E-state index in [-0.39, 0.29) is 12.4 Å². The van der Waals surface area contributed by atoms with Crippen molar-refractivity contribution in [3.8, 4) is 11.3 Å². The Balaban J connectivity index is 0.00000133. The number of benzene rings is 1. The second-order valence-corrected chi connectivity index (χ2v) is 4.21. The van der Waals surface area contributed by atoms with E-state index in [4.69, 9.17) is 0 Å². The van der Waals surface area contributed by atoms with Crippen LogP contribution in [-0.4, -0.2) is 21.8 Å². The van der Waals surface area contributed by atoms with Crippen LogP contribution < -0.4 is 5.32 Å². The summed E-state index contributed by atoms with van der Waals surface area (Å²) < 4.78 is 1.78. The number of anilines is 1. The lowest BCUT2D eigenvalue weighted by atomic mass is 10.1. The van der Waals surface area contributed by atoms with Gasteiger partial charge in [0.05, 0.1) is 11.1 Å². The normalized spacial score (nSPS) is 10.2. The zero-order chi connectivity index (χ0) is 12.5. The molecule has 3 aromatic rings. The quantitative estimate of drug-likeness (QED) is 0.781. The summed E-state index contributed by atoms with van der Waals surface area (Å²) in [6.45, 7) is 0. The number of aryl methyl sites for hydroxylation is 1. The molecule has 2 heterocycles. The minimum absolute atomic E-state index is 0. The number of halogens is 1. The van der Waals surface area contributed by atoms with E-state index < -0.39 is 0 Å². The molecule has 0 aliphatic rings. The van der Waals surface area contributed by atoms with E-state index in [1.54, 1.807) is 4.68 Å². The maximum Gasteiger partial charge on any atom is 0.183 e. The third-order valence-electron chi connectivity index (χ3n) is 2.95. The molecule has 98 valence electrons. The first-order valence-electron chi connectivity index (χ1n) is 5.85. The lowest BCUT2D eigenvalue weighted by Gasteiger charge is -2.05. The molecule has 19 heavy (non-hydrogen) atoms. The van der Waals surface area contributed by atoms with Gasteiger partial charge >= 0.3 is 0 Å². The Morgan fingerprint density at radius 3 is 2.58 bits per heavy atom. The van der Waals surface area contributed by atoms with Crippen LogP contribution in [0.1, 0.15) is 0 Å². The predicted molar refractivity (Wildman–Crippen MR) is 80.7 cm³/mol. The largest absolute Gasteiger partial charge is 0.387 e. The molecule has 0 amide bonds. The molecule has 0 aliphatic carbocycles. The SMILES string of the molecule is CNc1cc(-c2ccccc2)nc2nn(C)cc12.Cl. The molecule has 1 N–H and O–H groups in total. The number of hydrogen-bond donors (Lipinski definition) is 1. The summed E-state index contributed by atoms with van der Waals surface area (Å²) in [6.07, 6.45) is 1.98. The third kappa shape index (κ3) is 2.39. The minimum Gasteiger partial charge on any atom is -0.387 e. The summed E-state index contributed by atoms with van der Waals surface area (Å²) in [5, 5.41) is 8.61. The Hall–Kier alpha value is -2.07. The maximum atomic E-state index is 4.60. The molecule has 0 saturated heterocycles. The van der Waals surface area contributed by atoms with Gasteiger partial charge in [0.2, 0.25) is 0 Å². The molecule has 1 aromatic carbocycles. The van der Waals surface area contributed by atoms with Crippen molar-refractivity contribution in [2.24, 2.45) is 7.05 Å². The molecule has 0 unspecified atom stereocenters. The van der Waals surface area contributed by atoms with Crippen LogP contribution in [0.5, 0.6) is 0 Å². The van der Waals surface area contributed by atoms with Crippen LogP contribution in [-0.2, 0) is 7.05 Å². The van der Waals surface area contributed by atoms with E-state index in [0.29, 0.717) is 0 Å². The van der Waals surface area contributed by atoms with Gasteiger partial charge in [-0.25, -0.2) is 4.98 Å². The van der Waals surface area contributed by atoms with Gasteiger partial charge in [-0.15, -0.1) is 12.4 Å². The fourth-order valence-corrected chi connectivity index (χ4v) is 2.07. The Labute approximate surface area is 117 Å². The molecular weight excluding hydrogens is 260 g/mol. The molecule has 0 radical (unpaired) electrons. The highest BCUT2D eigenvalue weighted by atomic mass is 35.5. The molecule has 2 aromatic heterocycles. The van der Waals surface area contributed by atoms with Crippen molar-refractivity contribution in [1.29, 1.82) is 0 Å². The molecule has 0 spiro atoms. The summed E-state index contributed by atoms with van der Waals surface area (Å²) in [5.74, 6) is 0. The molecule has 0 saturated carbocycles. The first-order chi connectivity index (χ1) is 8.78. The fourth-order valence-electron chi connectivity index (χ4n) is 2.07. The van der Waals surface area contributed by atoms with Gasteiger partial charge in [-0.1, -0.05) is 30.3 Å². The van der Waals surface area contributed by atoms with Crippen molar-refractivity contribution in [3.63, 3.8) is 0 Å². The Morgan fingerprint density at radius 2 is 1.89 bits per heavy atom. The number of hydrogen-bond acceptors (Lipinski definition) is 3. The maximum absolute atomic E-state index is 4.60. The minimum atomic E-state index is 0. The highest BCUT2D eigenvalue weighted by Crippen LogP contribution is 2.26. The van der Waals surface area contributed by atoms with Crippen molar-refractivity contribution < 1.29 is 0 Å². The summed E-state index contributed by atoms with van der Waals surface area (Å²) in [6, 6.07) is 12.2. The molecule has 5 heteroatoms. The first kappa shape index (κ1) is 13.4. The van der Waals surface area contributed by atoms with E-state index in [1.165, 1.54) is 0 Å². The van der Waals surface area contributed by atoms with Gasteiger partial charge in [-0.05, 0) is 6.07 Å². The number of rotatable bonds is 2. The summed E-state index contributed by atoms with van der Waals surface area (Å²) in [4.78, 5) is 4.60. The number of fused-ring (bicyclic) bond motifs is 1. The average Bonchev–Trinajstić information content (AvgIpc) is 2.78. The van der Waals surface area contributed by atoms with Gasteiger partial charge in [0.15, 0.2) is 5.65 Å². The zero-order valence-corrected chi connectivity index (χ0v) is 11.6. The Morgan fingerprint density at radius 1 is 1.16 bits per heavy atom. The number of nitrogens with one attached hydrogen (secondary N) is 1. The first-order valence-corrected chi connectivity index (χ1v) is 5.85. The smallest absolute Gasteiger partial charge is 0.183 e. The van der Waals surface area contributed by atoms with E-state index in [2.05, 4.69) is 33.6 Å². The zero-order valence-electron chi connectivity index (χ0n) is 10.8. The molecule has 3 rings (SSSR count). The van der Waals surface area contributed by atoms with Gasteiger partial charge in [0.1, 0.15) is 0 Å². The van der Waals surface area contributed by atoms with Gasteiger partial charge in [0.25, 0.3) is 0 Å². The Kier molecular flexibility index (Phi) is 3.71. The topological polar surface area (TPSA) is 42.7 Å².